The van der Waals surface area contributed by atoms with Crippen molar-refractivity contribution < 1.29 is 28.6 Å². The lowest BCUT2D eigenvalue weighted by molar-refractivity contribution is -0.167. The van der Waals surface area contributed by atoms with Crippen molar-refractivity contribution in [2.75, 3.05) is 13.2 Å². The third kappa shape index (κ3) is 59.7. The third-order valence-electron chi connectivity index (χ3n) is 13.9. The highest BCUT2D eigenvalue weighted by molar-refractivity contribution is 5.71. The molecule has 0 spiro atoms. The number of rotatable bonds is 58. The van der Waals surface area contributed by atoms with Crippen LogP contribution in [0.5, 0.6) is 0 Å². The van der Waals surface area contributed by atoms with Crippen molar-refractivity contribution in [1.29, 1.82) is 0 Å². The molecule has 1 atom stereocenters. The normalized spacial score (nSPS) is 12.5. The van der Waals surface area contributed by atoms with Gasteiger partial charge in [0.25, 0.3) is 0 Å². The molecule has 0 saturated carbocycles. The Morgan fingerprint density at radius 3 is 0.865 bits per heavy atom. The summed E-state index contributed by atoms with van der Waals surface area (Å²) in [5.74, 6) is -0.878. The number of ether oxygens (including phenoxy) is 3. The lowest BCUT2D eigenvalue weighted by Gasteiger charge is -2.18. The number of carbonyl (C=O) groups excluding carboxylic acids is 3. The molecular formula is C68H120O6. The van der Waals surface area contributed by atoms with Crippen molar-refractivity contribution in [1.82, 2.24) is 0 Å². The molecule has 0 amide bonds. The largest absolute Gasteiger partial charge is 0.462 e. The zero-order chi connectivity index (χ0) is 53.6. The molecule has 0 aromatic rings. The number of esters is 3. The molecule has 0 bridgehead atoms. The summed E-state index contributed by atoms with van der Waals surface area (Å²) >= 11 is 0. The maximum Gasteiger partial charge on any atom is 0.306 e. The smallest absolute Gasteiger partial charge is 0.306 e. The fourth-order valence-corrected chi connectivity index (χ4v) is 9.13. The first kappa shape index (κ1) is 70.8. The van der Waals surface area contributed by atoms with Crippen molar-refractivity contribution in [3.05, 3.63) is 72.9 Å². The second-order valence-electron chi connectivity index (χ2n) is 21.3. The maximum atomic E-state index is 12.9. The van der Waals surface area contributed by atoms with E-state index in [4.69, 9.17) is 14.2 Å². The molecule has 0 aliphatic rings. The van der Waals surface area contributed by atoms with Crippen LogP contribution in [-0.4, -0.2) is 37.2 Å². The number of carbonyl (C=O) groups is 3. The summed E-state index contributed by atoms with van der Waals surface area (Å²) in [6, 6.07) is 0. The van der Waals surface area contributed by atoms with Crippen molar-refractivity contribution in [2.24, 2.45) is 0 Å². The monoisotopic (exact) mass is 1030 g/mol. The first-order chi connectivity index (χ1) is 36.5. The van der Waals surface area contributed by atoms with Gasteiger partial charge in [-0.1, -0.05) is 267 Å². The maximum absolute atomic E-state index is 12.9. The Kier molecular flexibility index (Phi) is 59.7. The van der Waals surface area contributed by atoms with Crippen LogP contribution >= 0.6 is 0 Å². The molecule has 6 heteroatoms. The summed E-state index contributed by atoms with van der Waals surface area (Å²) in [6.45, 7) is 6.52. The van der Waals surface area contributed by atoms with E-state index in [-0.39, 0.29) is 31.1 Å². The molecule has 0 aromatic heterocycles. The zero-order valence-electron chi connectivity index (χ0n) is 49.1. The van der Waals surface area contributed by atoms with E-state index in [1.807, 2.05) is 0 Å². The predicted octanol–water partition coefficient (Wildman–Crippen LogP) is 21.7. The fourth-order valence-electron chi connectivity index (χ4n) is 9.13. The van der Waals surface area contributed by atoms with Gasteiger partial charge in [0.1, 0.15) is 13.2 Å². The molecule has 0 radical (unpaired) electrons. The Hall–Kier alpha value is -3.15. The topological polar surface area (TPSA) is 78.9 Å². The molecule has 74 heavy (non-hydrogen) atoms. The van der Waals surface area contributed by atoms with E-state index >= 15 is 0 Å². The Labute approximate surface area is 459 Å². The molecule has 0 heterocycles. The van der Waals surface area contributed by atoms with Gasteiger partial charge in [-0.2, -0.15) is 0 Å². The molecule has 0 aliphatic carbocycles. The van der Waals surface area contributed by atoms with Crippen molar-refractivity contribution in [2.45, 2.75) is 329 Å². The van der Waals surface area contributed by atoms with Crippen LogP contribution in [0, 0.1) is 0 Å². The highest BCUT2D eigenvalue weighted by atomic mass is 16.6. The first-order valence-corrected chi connectivity index (χ1v) is 31.9. The van der Waals surface area contributed by atoms with Gasteiger partial charge in [0.2, 0.25) is 0 Å². The van der Waals surface area contributed by atoms with Crippen LogP contribution in [0.1, 0.15) is 323 Å². The van der Waals surface area contributed by atoms with Gasteiger partial charge in [-0.15, -0.1) is 0 Å². The summed E-state index contributed by atoms with van der Waals surface area (Å²) < 4.78 is 16.9. The molecule has 0 N–H and O–H groups in total. The molecule has 6 nitrogen and oxygen atoms in total. The average Bonchev–Trinajstić information content (AvgIpc) is 3.40. The van der Waals surface area contributed by atoms with Crippen molar-refractivity contribution in [3.63, 3.8) is 0 Å². The Morgan fingerprint density at radius 1 is 0.284 bits per heavy atom. The second-order valence-corrected chi connectivity index (χ2v) is 21.3. The summed E-state index contributed by atoms with van der Waals surface area (Å²) in [4.78, 5) is 38.2. The molecule has 0 saturated heterocycles. The van der Waals surface area contributed by atoms with E-state index in [2.05, 4.69) is 93.7 Å². The standard InChI is InChI=1S/C68H120O6/c1-4-7-10-13-16-19-22-25-27-29-30-31-32-33-34-35-36-37-38-40-41-43-46-49-52-55-58-61-67(70)73-64-65(63-72-66(69)60-57-54-51-48-45-24-21-18-15-12-9-6-3)74-68(71)62-59-56-53-50-47-44-42-39-28-26-23-20-17-14-11-8-5-2/h7,10,16,18-19,21,25-28,30-31,65H,4-6,8-9,11-15,17,20,22-24,29,32-64H2,1-3H3/b10-7-,19-16-,21-18-,27-25-,28-26-,31-30-. The van der Waals surface area contributed by atoms with Crippen LogP contribution < -0.4 is 0 Å². The van der Waals surface area contributed by atoms with E-state index in [9.17, 15) is 14.4 Å². The minimum absolute atomic E-state index is 0.0776. The SMILES string of the molecule is CC/C=C\C/C=C\C/C=C\C/C=C\CCCCCCCCCCCCCCCCC(=O)OCC(COC(=O)CCCCCCC/C=C\CCCCC)OC(=O)CCCCCCCCC/C=C\CCCCCCCC. The quantitative estimate of drug-likeness (QED) is 0.0261. The second kappa shape index (κ2) is 62.4. The molecule has 428 valence electrons. The summed E-state index contributed by atoms with van der Waals surface area (Å²) in [6.07, 6.45) is 80.5. The van der Waals surface area contributed by atoms with E-state index in [0.29, 0.717) is 19.3 Å². The number of hydrogen-bond acceptors (Lipinski definition) is 6. The van der Waals surface area contributed by atoms with Crippen LogP contribution in [0.4, 0.5) is 0 Å². The van der Waals surface area contributed by atoms with Crippen molar-refractivity contribution in [3.8, 4) is 0 Å². The molecule has 0 aliphatic heterocycles. The lowest BCUT2D eigenvalue weighted by atomic mass is 10.0. The predicted molar refractivity (Wildman–Crippen MR) is 321 cm³/mol. The summed E-state index contributed by atoms with van der Waals surface area (Å²) in [7, 11) is 0. The lowest BCUT2D eigenvalue weighted by Crippen LogP contribution is -2.30. The Bertz CT molecular complexity index is 1370. The summed E-state index contributed by atoms with van der Waals surface area (Å²) in [5.41, 5.74) is 0. The first-order valence-electron chi connectivity index (χ1n) is 31.9. The molecule has 0 rings (SSSR count). The van der Waals surface area contributed by atoms with Gasteiger partial charge < -0.3 is 14.2 Å². The molecule has 0 aromatic carbocycles. The van der Waals surface area contributed by atoms with Crippen LogP contribution in [0.2, 0.25) is 0 Å². The van der Waals surface area contributed by atoms with Gasteiger partial charge in [0.05, 0.1) is 0 Å². The van der Waals surface area contributed by atoms with Gasteiger partial charge in [-0.05, 0) is 109 Å². The van der Waals surface area contributed by atoms with Gasteiger partial charge in [-0.3, -0.25) is 14.4 Å². The van der Waals surface area contributed by atoms with E-state index in [1.165, 1.54) is 193 Å². The zero-order valence-corrected chi connectivity index (χ0v) is 49.1. The van der Waals surface area contributed by atoms with Gasteiger partial charge in [-0.25, -0.2) is 0 Å². The van der Waals surface area contributed by atoms with Crippen LogP contribution in [0.15, 0.2) is 72.9 Å². The Morgan fingerprint density at radius 2 is 0.527 bits per heavy atom. The molecular weight excluding hydrogens is 913 g/mol. The third-order valence-corrected chi connectivity index (χ3v) is 13.9. The minimum Gasteiger partial charge on any atom is -0.462 e. The van der Waals surface area contributed by atoms with Crippen molar-refractivity contribution >= 4 is 17.9 Å². The molecule has 1 unspecified atom stereocenters. The van der Waals surface area contributed by atoms with Crippen LogP contribution in [-0.2, 0) is 28.6 Å². The number of hydrogen-bond donors (Lipinski definition) is 0. The fraction of sp³-hybridized carbons (Fsp3) is 0.779. The van der Waals surface area contributed by atoms with Crippen LogP contribution in [0.3, 0.4) is 0 Å². The van der Waals surface area contributed by atoms with E-state index in [0.717, 1.165) is 89.9 Å². The van der Waals surface area contributed by atoms with Gasteiger partial charge in [0.15, 0.2) is 6.10 Å². The molecule has 0 fully saturated rings. The Balaban J connectivity index is 4.24. The van der Waals surface area contributed by atoms with E-state index < -0.39 is 6.10 Å². The van der Waals surface area contributed by atoms with E-state index in [1.54, 1.807) is 0 Å². The highest BCUT2D eigenvalue weighted by Crippen LogP contribution is 2.16. The summed E-state index contributed by atoms with van der Waals surface area (Å²) in [5, 5.41) is 0. The van der Waals surface area contributed by atoms with Gasteiger partial charge in [0, 0.05) is 19.3 Å². The number of allylic oxidation sites excluding steroid dienone is 12. The number of unbranched alkanes of at least 4 members (excludes halogenated alkanes) is 35. The van der Waals surface area contributed by atoms with Gasteiger partial charge >= 0.3 is 17.9 Å². The average molecular weight is 1030 g/mol. The highest BCUT2D eigenvalue weighted by Gasteiger charge is 2.19. The van der Waals surface area contributed by atoms with Crippen LogP contribution in [0.25, 0.3) is 0 Å². The minimum atomic E-state index is -0.780.